The first kappa shape index (κ1) is 16.5. The molecule has 2 atom stereocenters. The maximum atomic E-state index is 12.6. The van der Waals surface area contributed by atoms with Crippen LogP contribution in [0.25, 0.3) is 0 Å². The van der Waals surface area contributed by atoms with Crippen LogP contribution >= 0.6 is 0 Å². The zero-order valence-electron chi connectivity index (χ0n) is 13.5. The Morgan fingerprint density at radius 2 is 2.00 bits per heavy atom. The molecule has 1 aromatic rings. The molecule has 1 saturated heterocycles. The smallest absolute Gasteiger partial charge is 0.224 e. The average molecular weight is 336 g/mol. The van der Waals surface area contributed by atoms with E-state index < -0.39 is 10.0 Å². The number of hydrogen-bond acceptors (Lipinski definition) is 3. The summed E-state index contributed by atoms with van der Waals surface area (Å²) in [5.41, 5.74) is 2.52. The van der Waals surface area contributed by atoms with Crippen LogP contribution in [0.1, 0.15) is 42.9 Å². The van der Waals surface area contributed by atoms with E-state index in [-0.39, 0.29) is 17.9 Å². The largest absolute Gasteiger partial charge is 0.349 e. The highest BCUT2D eigenvalue weighted by atomic mass is 32.2. The van der Waals surface area contributed by atoms with E-state index in [1.807, 2.05) is 12.1 Å². The first-order valence-electron chi connectivity index (χ1n) is 8.28. The van der Waals surface area contributed by atoms with Gasteiger partial charge in [0, 0.05) is 13.1 Å². The van der Waals surface area contributed by atoms with Crippen molar-refractivity contribution in [3.8, 4) is 0 Å². The van der Waals surface area contributed by atoms with Crippen LogP contribution in [0.4, 0.5) is 0 Å². The Balaban J connectivity index is 1.68. The molecule has 23 heavy (non-hydrogen) atoms. The molecule has 1 aliphatic heterocycles. The third-order valence-electron chi connectivity index (χ3n) is 4.91. The molecule has 1 aromatic carbocycles. The molecule has 0 unspecified atom stereocenters. The lowest BCUT2D eigenvalue weighted by atomic mass is 9.87. The minimum Gasteiger partial charge on any atom is -0.349 e. The molecule has 3 rings (SSSR count). The highest BCUT2D eigenvalue weighted by Crippen LogP contribution is 2.30. The molecule has 1 amide bonds. The molecule has 5 nitrogen and oxygen atoms in total. The van der Waals surface area contributed by atoms with Gasteiger partial charge in [-0.3, -0.25) is 4.79 Å². The van der Waals surface area contributed by atoms with Crippen molar-refractivity contribution in [3.63, 3.8) is 0 Å². The number of amides is 1. The summed E-state index contributed by atoms with van der Waals surface area (Å²) in [6.07, 6.45) is 5.80. The zero-order chi connectivity index (χ0) is 16.4. The SMILES string of the molecule is CS(=O)(=O)N1CCC[C@@H](C(=O)N[C@@H]2CCCc3ccccc32)C1. The molecule has 126 valence electrons. The number of sulfonamides is 1. The van der Waals surface area contributed by atoms with Gasteiger partial charge in [-0.1, -0.05) is 24.3 Å². The topological polar surface area (TPSA) is 66.5 Å². The summed E-state index contributed by atoms with van der Waals surface area (Å²) in [4.78, 5) is 12.6. The number of rotatable bonds is 3. The van der Waals surface area contributed by atoms with Gasteiger partial charge >= 0.3 is 0 Å². The lowest BCUT2D eigenvalue weighted by molar-refractivity contribution is -0.127. The number of nitrogens with one attached hydrogen (secondary N) is 1. The third kappa shape index (κ3) is 3.75. The predicted molar refractivity (Wildman–Crippen MR) is 89.4 cm³/mol. The molecule has 2 aliphatic rings. The standard InChI is InChI=1S/C17H24N2O3S/c1-23(21,22)19-11-5-8-14(12-19)17(20)18-16-10-4-7-13-6-2-3-9-15(13)16/h2-3,6,9,14,16H,4-5,7-8,10-12H2,1H3,(H,18,20)/t14-,16-/m1/s1. The normalized spacial score (nSPS) is 25.6. The van der Waals surface area contributed by atoms with Crippen LogP contribution in [0.15, 0.2) is 24.3 Å². The van der Waals surface area contributed by atoms with Crippen molar-refractivity contribution in [2.45, 2.75) is 38.1 Å². The van der Waals surface area contributed by atoms with Crippen LogP contribution in [0.3, 0.4) is 0 Å². The van der Waals surface area contributed by atoms with E-state index in [1.54, 1.807) is 0 Å². The predicted octanol–water partition coefficient (Wildman–Crippen LogP) is 1.85. The molecule has 0 saturated carbocycles. The summed E-state index contributed by atoms with van der Waals surface area (Å²) in [6, 6.07) is 8.31. The molecular weight excluding hydrogens is 312 g/mol. The number of aryl methyl sites for hydroxylation is 1. The second-order valence-electron chi connectivity index (χ2n) is 6.61. The Bertz CT molecular complexity index is 687. The Kier molecular flexibility index (Phi) is 4.73. The highest BCUT2D eigenvalue weighted by molar-refractivity contribution is 7.88. The van der Waals surface area contributed by atoms with Crippen molar-refractivity contribution < 1.29 is 13.2 Å². The van der Waals surface area contributed by atoms with E-state index >= 15 is 0 Å². The Morgan fingerprint density at radius 1 is 1.22 bits per heavy atom. The lowest BCUT2D eigenvalue weighted by Crippen LogP contribution is -2.46. The van der Waals surface area contributed by atoms with E-state index in [0.29, 0.717) is 13.1 Å². The number of carbonyl (C=O) groups excluding carboxylic acids is 1. The molecule has 1 fully saturated rings. The van der Waals surface area contributed by atoms with Crippen LogP contribution in [0, 0.1) is 5.92 Å². The van der Waals surface area contributed by atoms with Crippen LogP contribution in [-0.4, -0.2) is 38.0 Å². The third-order valence-corrected chi connectivity index (χ3v) is 6.18. The summed E-state index contributed by atoms with van der Waals surface area (Å²) in [5, 5.41) is 3.16. The van der Waals surface area contributed by atoms with Crippen molar-refractivity contribution in [1.29, 1.82) is 0 Å². The molecule has 0 aromatic heterocycles. The summed E-state index contributed by atoms with van der Waals surface area (Å²) in [7, 11) is -3.22. The van der Waals surface area contributed by atoms with Crippen LogP contribution in [0.2, 0.25) is 0 Å². The van der Waals surface area contributed by atoms with Crippen molar-refractivity contribution in [3.05, 3.63) is 35.4 Å². The van der Waals surface area contributed by atoms with Gasteiger partial charge in [-0.05, 0) is 43.2 Å². The second kappa shape index (κ2) is 6.61. The number of piperidine rings is 1. The monoisotopic (exact) mass is 336 g/mol. The number of hydrogen-bond donors (Lipinski definition) is 1. The van der Waals surface area contributed by atoms with Gasteiger partial charge in [-0.15, -0.1) is 0 Å². The number of carbonyl (C=O) groups is 1. The number of benzene rings is 1. The lowest BCUT2D eigenvalue weighted by Gasteiger charge is -2.32. The summed E-state index contributed by atoms with van der Waals surface area (Å²) in [6.45, 7) is 0.827. The Labute approximate surface area is 138 Å². The van der Waals surface area contributed by atoms with Gasteiger partial charge in [0.05, 0.1) is 18.2 Å². The van der Waals surface area contributed by atoms with E-state index in [4.69, 9.17) is 0 Å². The van der Waals surface area contributed by atoms with Gasteiger partial charge in [0.2, 0.25) is 15.9 Å². The Hall–Kier alpha value is -1.40. The van der Waals surface area contributed by atoms with E-state index in [0.717, 1.165) is 32.1 Å². The van der Waals surface area contributed by atoms with Gasteiger partial charge in [-0.2, -0.15) is 0 Å². The van der Waals surface area contributed by atoms with Gasteiger partial charge in [0.25, 0.3) is 0 Å². The molecule has 0 spiro atoms. The van der Waals surface area contributed by atoms with Crippen LogP contribution in [-0.2, 0) is 21.2 Å². The molecule has 1 heterocycles. The van der Waals surface area contributed by atoms with Crippen molar-refractivity contribution in [2.75, 3.05) is 19.3 Å². The maximum absolute atomic E-state index is 12.6. The zero-order valence-corrected chi connectivity index (χ0v) is 14.3. The quantitative estimate of drug-likeness (QED) is 0.916. The van der Waals surface area contributed by atoms with Gasteiger partial charge in [-0.25, -0.2) is 12.7 Å². The van der Waals surface area contributed by atoms with E-state index in [1.165, 1.54) is 21.7 Å². The van der Waals surface area contributed by atoms with Gasteiger partial charge in [0.15, 0.2) is 0 Å². The molecule has 0 radical (unpaired) electrons. The Morgan fingerprint density at radius 3 is 2.78 bits per heavy atom. The number of nitrogens with zero attached hydrogens (tertiary/aromatic N) is 1. The maximum Gasteiger partial charge on any atom is 0.224 e. The van der Waals surface area contributed by atoms with Crippen LogP contribution < -0.4 is 5.32 Å². The second-order valence-corrected chi connectivity index (χ2v) is 8.59. The summed E-state index contributed by atoms with van der Waals surface area (Å²) in [5.74, 6) is -0.257. The summed E-state index contributed by atoms with van der Waals surface area (Å²) < 4.78 is 24.8. The molecular formula is C17H24N2O3S. The fourth-order valence-electron chi connectivity index (χ4n) is 3.65. The minimum absolute atomic E-state index is 0.0138. The first-order valence-corrected chi connectivity index (χ1v) is 10.1. The van der Waals surface area contributed by atoms with E-state index in [9.17, 15) is 13.2 Å². The first-order chi connectivity index (χ1) is 10.9. The molecule has 1 aliphatic carbocycles. The van der Waals surface area contributed by atoms with Crippen molar-refractivity contribution >= 4 is 15.9 Å². The highest BCUT2D eigenvalue weighted by Gasteiger charge is 2.32. The molecule has 0 bridgehead atoms. The number of fused-ring (bicyclic) bond motifs is 1. The van der Waals surface area contributed by atoms with Gasteiger partial charge in [0.1, 0.15) is 0 Å². The van der Waals surface area contributed by atoms with Crippen molar-refractivity contribution in [1.82, 2.24) is 9.62 Å². The minimum atomic E-state index is -3.22. The fraction of sp³-hybridized carbons (Fsp3) is 0.588. The molecule has 6 heteroatoms. The molecule has 1 N–H and O–H groups in total. The fourth-order valence-corrected chi connectivity index (χ4v) is 4.56. The van der Waals surface area contributed by atoms with Gasteiger partial charge < -0.3 is 5.32 Å². The van der Waals surface area contributed by atoms with Crippen molar-refractivity contribution in [2.24, 2.45) is 5.92 Å². The van der Waals surface area contributed by atoms with E-state index in [2.05, 4.69) is 17.4 Å². The van der Waals surface area contributed by atoms with Crippen LogP contribution in [0.5, 0.6) is 0 Å². The average Bonchev–Trinajstić information content (AvgIpc) is 2.54. The summed E-state index contributed by atoms with van der Waals surface area (Å²) >= 11 is 0.